The molecule has 3 aromatic carbocycles. The number of nitrogens with zero attached hydrogens (tertiary/aromatic N) is 4. The van der Waals surface area contributed by atoms with Crippen LogP contribution in [0.2, 0.25) is 0 Å². The number of carbonyl (C=O) groups excluding carboxylic acids is 2. The van der Waals surface area contributed by atoms with Gasteiger partial charge in [0, 0.05) is 36.9 Å². The molecular formula is C41H48N6O4. The Balaban J connectivity index is 1.08. The van der Waals surface area contributed by atoms with Gasteiger partial charge in [-0.25, -0.2) is 9.97 Å². The Labute approximate surface area is 298 Å². The highest BCUT2D eigenvalue weighted by Crippen LogP contribution is 2.44. The lowest BCUT2D eigenvalue weighted by molar-refractivity contribution is -0.136. The smallest absolute Gasteiger partial charge is 0.223 e. The van der Waals surface area contributed by atoms with Crippen molar-refractivity contribution in [3.05, 3.63) is 65.9 Å². The van der Waals surface area contributed by atoms with Crippen molar-refractivity contribution in [3.63, 3.8) is 0 Å². The fourth-order valence-corrected chi connectivity index (χ4v) is 8.78. The van der Waals surface area contributed by atoms with Crippen LogP contribution in [0.4, 0.5) is 0 Å². The largest absolute Gasteiger partial charge is 0.488 e. The molecule has 0 saturated carbocycles. The second-order valence-corrected chi connectivity index (χ2v) is 14.5. The third kappa shape index (κ3) is 5.87. The van der Waals surface area contributed by atoms with E-state index in [-0.39, 0.29) is 36.0 Å². The van der Waals surface area contributed by atoms with E-state index in [0.717, 1.165) is 112 Å². The number of likely N-dealkylation sites (tertiary alicyclic amines) is 2. The number of carbonyl (C=O) groups is 2. The molecule has 2 amide bonds. The number of imidazole rings is 2. The third-order valence-electron chi connectivity index (χ3n) is 11.2. The first-order valence-corrected chi connectivity index (χ1v) is 18.8. The van der Waals surface area contributed by atoms with Crippen molar-refractivity contribution >= 4 is 33.6 Å². The summed E-state index contributed by atoms with van der Waals surface area (Å²) in [5.74, 6) is 2.93. The zero-order valence-electron chi connectivity index (χ0n) is 30.1. The quantitative estimate of drug-likeness (QED) is 0.152. The summed E-state index contributed by atoms with van der Waals surface area (Å²) in [6.45, 7) is 7.26. The lowest BCUT2D eigenvalue weighted by atomic mass is 9.92. The van der Waals surface area contributed by atoms with E-state index in [1.165, 1.54) is 0 Å². The number of ether oxygens (including phenoxy) is 2. The van der Waals surface area contributed by atoms with Crippen LogP contribution < -0.4 is 4.74 Å². The molecule has 3 aliphatic rings. The van der Waals surface area contributed by atoms with Crippen molar-refractivity contribution in [2.75, 3.05) is 13.7 Å². The normalized spacial score (nSPS) is 21.3. The molecule has 2 N–H and O–H groups in total. The van der Waals surface area contributed by atoms with Crippen molar-refractivity contribution in [1.29, 1.82) is 0 Å². The van der Waals surface area contributed by atoms with Crippen molar-refractivity contribution in [3.8, 4) is 28.1 Å². The van der Waals surface area contributed by atoms with Gasteiger partial charge < -0.3 is 29.2 Å². The van der Waals surface area contributed by atoms with Crippen LogP contribution >= 0.6 is 0 Å². The number of methoxy groups -OCH3 is 1. The van der Waals surface area contributed by atoms with E-state index in [2.05, 4.69) is 71.2 Å². The van der Waals surface area contributed by atoms with Crippen LogP contribution in [0, 0.1) is 0 Å². The van der Waals surface area contributed by atoms with Crippen molar-refractivity contribution in [2.24, 2.45) is 0 Å². The van der Waals surface area contributed by atoms with E-state index in [1.807, 2.05) is 18.0 Å². The van der Waals surface area contributed by atoms with Gasteiger partial charge in [0.1, 0.15) is 24.0 Å². The molecule has 1 unspecified atom stereocenters. The molecule has 10 heteroatoms. The van der Waals surface area contributed by atoms with Gasteiger partial charge in [-0.05, 0) is 91.3 Å². The van der Waals surface area contributed by atoms with Crippen LogP contribution in [0.1, 0.15) is 108 Å². The molecular weight excluding hydrogens is 640 g/mol. The molecule has 2 saturated heterocycles. The summed E-state index contributed by atoms with van der Waals surface area (Å²) in [5.41, 5.74) is 7.18. The lowest BCUT2D eigenvalue weighted by Gasteiger charge is -2.29. The Morgan fingerprint density at radius 3 is 2.35 bits per heavy atom. The Bertz CT molecular complexity index is 2100. The second kappa shape index (κ2) is 13.8. The van der Waals surface area contributed by atoms with Crippen LogP contribution in [0.5, 0.6) is 5.75 Å². The van der Waals surface area contributed by atoms with Crippen molar-refractivity contribution < 1.29 is 19.1 Å². The molecule has 2 fully saturated rings. The number of hydrogen-bond acceptors (Lipinski definition) is 6. The zero-order valence-corrected chi connectivity index (χ0v) is 30.1. The van der Waals surface area contributed by atoms with E-state index in [4.69, 9.17) is 19.4 Å². The monoisotopic (exact) mass is 688 g/mol. The van der Waals surface area contributed by atoms with Crippen molar-refractivity contribution in [1.82, 2.24) is 29.7 Å². The Morgan fingerprint density at radius 1 is 0.863 bits per heavy atom. The first kappa shape index (κ1) is 33.4. The van der Waals surface area contributed by atoms with E-state index in [0.29, 0.717) is 26.1 Å². The third-order valence-corrected chi connectivity index (χ3v) is 11.2. The fraction of sp³-hybridized carbons (Fsp3) is 0.463. The molecule has 0 spiro atoms. The van der Waals surface area contributed by atoms with Gasteiger partial charge in [-0.15, -0.1) is 0 Å². The molecule has 5 heterocycles. The molecule has 8 rings (SSSR count). The number of nitrogens with one attached hydrogen (secondary N) is 2. The fourth-order valence-electron chi connectivity index (χ4n) is 8.78. The highest BCUT2D eigenvalue weighted by molar-refractivity contribution is 6.07. The van der Waals surface area contributed by atoms with Gasteiger partial charge in [0.2, 0.25) is 11.8 Å². The summed E-state index contributed by atoms with van der Waals surface area (Å²) in [4.78, 5) is 47.4. The number of aromatic nitrogens is 4. The first-order chi connectivity index (χ1) is 24.9. The molecule has 3 aliphatic heterocycles. The maximum atomic E-state index is 13.2. The van der Waals surface area contributed by atoms with Gasteiger partial charge in [0.25, 0.3) is 0 Å². The van der Waals surface area contributed by atoms with Crippen LogP contribution in [-0.4, -0.2) is 67.4 Å². The molecule has 5 aromatic rings. The summed E-state index contributed by atoms with van der Waals surface area (Å²) in [7, 11) is 1.70. The SMILES string of the molecule is CCCC(=O)N1C(c2nc3c(ccc4cc5c(cc43)OCc3cc(-c4cnc([C@@H]6CC[C@H](CC)N6C(=O)CCC)[nH]4)ccc3-5)[nH]2)CC[C@@H]1COC. The summed E-state index contributed by atoms with van der Waals surface area (Å²) < 4.78 is 11.9. The van der Waals surface area contributed by atoms with Crippen LogP contribution in [0.25, 0.3) is 44.2 Å². The highest BCUT2D eigenvalue weighted by Gasteiger charge is 2.40. The van der Waals surface area contributed by atoms with Crippen LogP contribution in [0.15, 0.2) is 48.7 Å². The molecule has 0 radical (unpaired) electrons. The first-order valence-electron chi connectivity index (χ1n) is 18.8. The van der Waals surface area contributed by atoms with Gasteiger partial charge in [0.05, 0.1) is 47.7 Å². The number of benzene rings is 3. The Morgan fingerprint density at radius 2 is 1.61 bits per heavy atom. The molecule has 10 nitrogen and oxygen atoms in total. The number of hydrogen-bond donors (Lipinski definition) is 2. The predicted octanol–water partition coefficient (Wildman–Crippen LogP) is 8.39. The Kier molecular flexibility index (Phi) is 9.04. The summed E-state index contributed by atoms with van der Waals surface area (Å²) in [6.07, 6.45) is 9.32. The average molecular weight is 689 g/mol. The minimum absolute atomic E-state index is 0.00541. The van der Waals surface area contributed by atoms with E-state index >= 15 is 0 Å². The maximum Gasteiger partial charge on any atom is 0.223 e. The molecule has 4 atom stereocenters. The predicted molar refractivity (Wildman–Crippen MR) is 198 cm³/mol. The van der Waals surface area contributed by atoms with E-state index in [9.17, 15) is 9.59 Å². The topological polar surface area (TPSA) is 116 Å². The molecule has 0 aliphatic carbocycles. The van der Waals surface area contributed by atoms with Gasteiger partial charge in [-0.1, -0.05) is 39.0 Å². The van der Waals surface area contributed by atoms with Crippen LogP contribution in [0.3, 0.4) is 0 Å². The molecule has 266 valence electrons. The average Bonchev–Trinajstić information content (AvgIpc) is 3.96. The minimum atomic E-state index is -0.0959. The molecule has 51 heavy (non-hydrogen) atoms. The number of H-pyrrole nitrogens is 2. The summed E-state index contributed by atoms with van der Waals surface area (Å²) in [6, 6.07) is 15.3. The van der Waals surface area contributed by atoms with Crippen molar-refractivity contribution in [2.45, 2.75) is 109 Å². The Hall–Kier alpha value is -4.70. The van der Waals surface area contributed by atoms with Gasteiger partial charge in [-0.3, -0.25) is 9.59 Å². The second-order valence-electron chi connectivity index (χ2n) is 14.5. The van der Waals surface area contributed by atoms with Gasteiger partial charge in [0.15, 0.2) is 0 Å². The highest BCUT2D eigenvalue weighted by atomic mass is 16.5. The number of rotatable bonds is 10. The van der Waals surface area contributed by atoms with Gasteiger partial charge in [-0.2, -0.15) is 0 Å². The summed E-state index contributed by atoms with van der Waals surface area (Å²) in [5, 5.41) is 2.12. The maximum absolute atomic E-state index is 13.2. The summed E-state index contributed by atoms with van der Waals surface area (Å²) >= 11 is 0. The van der Waals surface area contributed by atoms with E-state index in [1.54, 1.807) is 7.11 Å². The molecule has 2 aromatic heterocycles. The van der Waals surface area contributed by atoms with E-state index < -0.39 is 0 Å². The van der Waals surface area contributed by atoms with Crippen LogP contribution in [-0.2, 0) is 20.9 Å². The van der Waals surface area contributed by atoms with Gasteiger partial charge >= 0.3 is 0 Å². The number of amides is 2. The molecule has 0 bridgehead atoms. The zero-order chi connectivity index (χ0) is 35.2. The number of aromatic amines is 2. The minimum Gasteiger partial charge on any atom is -0.488 e. The number of fused-ring (bicyclic) bond motifs is 6. The standard InChI is InChI=1S/C41H48N6O4/c1-5-8-37(48)46-27(7-3)12-16-34(46)40-42-21-33(44-40)25-10-14-29-26(18-25)22-51-36-20-30-24(19-31(29)36)11-15-32-39(30)45-41(43-32)35-17-13-28(23-50-4)47(35)38(49)9-6-2/h10-11,14-15,18-21,27-28,34-35H,5-9,12-13,16-17,22-23H2,1-4H3,(H,42,44)(H,43,45)/t27-,28+,34-,35?/m0/s1. The lowest BCUT2D eigenvalue weighted by Crippen LogP contribution is -2.39.